The second-order valence-electron chi connectivity index (χ2n) is 5.32. The molecule has 0 amide bonds. The Bertz CT molecular complexity index is 1050. The Balaban J connectivity index is 1.60. The smallest absolute Gasteiger partial charge is 0.229 e. The summed E-state index contributed by atoms with van der Waals surface area (Å²) in [5.41, 5.74) is 2.55. The van der Waals surface area contributed by atoms with Crippen LogP contribution in [0.25, 0.3) is 10.9 Å². The highest BCUT2D eigenvalue weighted by Crippen LogP contribution is 2.26. The van der Waals surface area contributed by atoms with Gasteiger partial charge in [-0.05, 0) is 36.4 Å². The number of anilines is 4. The van der Waals surface area contributed by atoms with Crippen molar-refractivity contribution >= 4 is 57.2 Å². The number of H-pyrrole nitrogens is 1. The number of hydrogen-bond acceptors (Lipinski definition) is 5. The summed E-state index contributed by atoms with van der Waals surface area (Å²) in [5.74, 6) is 0.914. The molecule has 2 aromatic carbocycles. The van der Waals surface area contributed by atoms with E-state index in [9.17, 15) is 0 Å². The number of halogens is 2. The Hall–Kier alpha value is -2.83. The van der Waals surface area contributed by atoms with Crippen molar-refractivity contribution in [3.8, 4) is 0 Å². The molecule has 3 N–H and O–H groups in total. The molecule has 25 heavy (non-hydrogen) atoms. The maximum Gasteiger partial charge on any atom is 0.229 e. The highest BCUT2D eigenvalue weighted by atomic mass is 35.5. The van der Waals surface area contributed by atoms with Crippen LogP contribution >= 0.6 is 23.2 Å². The van der Waals surface area contributed by atoms with Gasteiger partial charge in [0.05, 0.1) is 17.9 Å². The summed E-state index contributed by atoms with van der Waals surface area (Å²) in [6, 6.07) is 13.1. The highest BCUT2D eigenvalue weighted by molar-refractivity contribution is 6.33. The third-order valence-corrected chi connectivity index (χ3v) is 4.04. The van der Waals surface area contributed by atoms with Crippen LogP contribution in [-0.2, 0) is 0 Å². The van der Waals surface area contributed by atoms with Gasteiger partial charge in [-0.2, -0.15) is 10.1 Å². The van der Waals surface area contributed by atoms with Crippen molar-refractivity contribution in [2.45, 2.75) is 0 Å². The number of nitrogens with zero attached hydrogens (tertiary/aromatic N) is 3. The van der Waals surface area contributed by atoms with Crippen LogP contribution in [0.2, 0.25) is 10.0 Å². The van der Waals surface area contributed by atoms with Crippen molar-refractivity contribution in [3.63, 3.8) is 0 Å². The number of hydrogen-bond donors (Lipinski definition) is 3. The number of rotatable bonds is 4. The fourth-order valence-electron chi connectivity index (χ4n) is 2.36. The summed E-state index contributed by atoms with van der Waals surface area (Å²) in [6.07, 6.45) is 3.31. The van der Waals surface area contributed by atoms with E-state index in [1.165, 1.54) is 0 Å². The van der Waals surface area contributed by atoms with Gasteiger partial charge in [0.2, 0.25) is 5.95 Å². The van der Waals surface area contributed by atoms with Gasteiger partial charge < -0.3 is 10.6 Å². The molecule has 2 aromatic heterocycles. The van der Waals surface area contributed by atoms with E-state index >= 15 is 0 Å². The van der Waals surface area contributed by atoms with Gasteiger partial charge in [-0.25, -0.2) is 4.98 Å². The molecule has 0 saturated heterocycles. The second kappa shape index (κ2) is 6.58. The topological polar surface area (TPSA) is 78.5 Å². The molecule has 0 unspecified atom stereocenters. The lowest BCUT2D eigenvalue weighted by Gasteiger charge is -2.10. The van der Waals surface area contributed by atoms with E-state index in [1.807, 2.05) is 30.3 Å². The lowest BCUT2D eigenvalue weighted by Crippen LogP contribution is -2.01. The third kappa shape index (κ3) is 3.50. The molecule has 0 spiro atoms. The van der Waals surface area contributed by atoms with E-state index in [-0.39, 0.29) is 0 Å². The summed E-state index contributed by atoms with van der Waals surface area (Å²) in [5, 5.41) is 15.3. The Morgan fingerprint density at radius 3 is 2.68 bits per heavy atom. The Labute approximate surface area is 153 Å². The van der Waals surface area contributed by atoms with Crippen molar-refractivity contribution in [1.82, 2.24) is 20.2 Å². The molecule has 0 atom stereocenters. The number of nitrogens with one attached hydrogen (secondary N) is 3. The third-order valence-electron chi connectivity index (χ3n) is 3.53. The summed E-state index contributed by atoms with van der Waals surface area (Å²) >= 11 is 12.2. The van der Waals surface area contributed by atoms with E-state index in [1.54, 1.807) is 24.5 Å². The van der Waals surface area contributed by atoms with Crippen LogP contribution in [0, 0.1) is 0 Å². The van der Waals surface area contributed by atoms with E-state index < -0.39 is 0 Å². The summed E-state index contributed by atoms with van der Waals surface area (Å²) < 4.78 is 0. The van der Waals surface area contributed by atoms with Crippen molar-refractivity contribution in [2.24, 2.45) is 0 Å². The van der Waals surface area contributed by atoms with Gasteiger partial charge in [-0.15, -0.1) is 0 Å². The molecule has 0 radical (unpaired) electrons. The van der Waals surface area contributed by atoms with Gasteiger partial charge in [0.15, 0.2) is 5.82 Å². The van der Waals surface area contributed by atoms with E-state index in [0.717, 1.165) is 22.3 Å². The maximum absolute atomic E-state index is 6.21. The van der Waals surface area contributed by atoms with Gasteiger partial charge in [0.1, 0.15) is 5.02 Å². The van der Waals surface area contributed by atoms with Crippen LogP contribution in [0.4, 0.5) is 23.1 Å². The molecular weight excluding hydrogens is 359 g/mol. The van der Waals surface area contributed by atoms with Crippen molar-refractivity contribution in [2.75, 3.05) is 10.6 Å². The summed E-state index contributed by atoms with van der Waals surface area (Å²) in [4.78, 5) is 8.62. The van der Waals surface area contributed by atoms with E-state index in [4.69, 9.17) is 23.2 Å². The van der Waals surface area contributed by atoms with E-state index in [0.29, 0.717) is 21.8 Å². The fraction of sp³-hybridized carbons (Fsp3) is 0. The van der Waals surface area contributed by atoms with Gasteiger partial charge >= 0.3 is 0 Å². The van der Waals surface area contributed by atoms with Crippen LogP contribution in [-0.4, -0.2) is 20.2 Å². The largest absolute Gasteiger partial charge is 0.339 e. The molecule has 0 aliphatic carbocycles. The quantitative estimate of drug-likeness (QED) is 0.463. The monoisotopic (exact) mass is 370 g/mol. The van der Waals surface area contributed by atoms with Gasteiger partial charge in [-0.1, -0.05) is 29.3 Å². The first kappa shape index (κ1) is 15.7. The summed E-state index contributed by atoms with van der Waals surface area (Å²) in [7, 11) is 0. The Morgan fingerprint density at radius 1 is 0.920 bits per heavy atom. The first-order valence-electron chi connectivity index (χ1n) is 7.43. The van der Waals surface area contributed by atoms with Crippen molar-refractivity contribution in [1.29, 1.82) is 0 Å². The number of aromatic amines is 1. The van der Waals surface area contributed by atoms with Gasteiger partial charge in [0, 0.05) is 21.8 Å². The molecule has 8 heteroatoms. The fourth-order valence-corrected chi connectivity index (χ4v) is 2.69. The molecule has 0 aliphatic heterocycles. The van der Waals surface area contributed by atoms with Gasteiger partial charge in [0.25, 0.3) is 0 Å². The normalized spacial score (nSPS) is 10.8. The van der Waals surface area contributed by atoms with Crippen molar-refractivity contribution < 1.29 is 0 Å². The van der Waals surface area contributed by atoms with Crippen LogP contribution in [0.15, 0.2) is 54.9 Å². The predicted molar refractivity (Wildman–Crippen MR) is 101 cm³/mol. The molecule has 2 heterocycles. The molecule has 6 nitrogen and oxygen atoms in total. The Morgan fingerprint density at radius 2 is 1.80 bits per heavy atom. The molecular formula is C17H12Cl2N6. The minimum absolute atomic E-state index is 0.414. The SMILES string of the molecule is Clc1cccc(Nc2ncc(Cl)c(Nc3ccc4cn[nH]c4c3)n2)c1. The Kier molecular flexibility index (Phi) is 4.13. The van der Waals surface area contributed by atoms with Crippen LogP contribution in [0.3, 0.4) is 0 Å². The van der Waals surface area contributed by atoms with Crippen LogP contribution in [0.5, 0.6) is 0 Å². The average Bonchev–Trinajstić information content (AvgIpc) is 3.06. The molecule has 0 fully saturated rings. The molecule has 0 bridgehead atoms. The zero-order chi connectivity index (χ0) is 17.2. The highest BCUT2D eigenvalue weighted by Gasteiger charge is 2.07. The predicted octanol–water partition coefficient (Wildman–Crippen LogP) is 5.15. The average molecular weight is 371 g/mol. The number of benzene rings is 2. The van der Waals surface area contributed by atoms with E-state index in [2.05, 4.69) is 30.8 Å². The van der Waals surface area contributed by atoms with Crippen molar-refractivity contribution in [3.05, 3.63) is 64.9 Å². The zero-order valence-electron chi connectivity index (χ0n) is 12.8. The molecule has 4 rings (SSSR count). The van der Waals surface area contributed by atoms with Crippen LogP contribution < -0.4 is 10.6 Å². The molecule has 0 saturated carbocycles. The number of aromatic nitrogens is 4. The first-order valence-corrected chi connectivity index (χ1v) is 8.18. The molecule has 0 aliphatic rings. The number of fused-ring (bicyclic) bond motifs is 1. The van der Waals surface area contributed by atoms with Crippen LogP contribution in [0.1, 0.15) is 0 Å². The lowest BCUT2D eigenvalue weighted by molar-refractivity contribution is 1.12. The summed E-state index contributed by atoms with van der Waals surface area (Å²) in [6.45, 7) is 0. The lowest BCUT2D eigenvalue weighted by atomic mass is 10.2. The minimum Gasteiger partial charge on any atom is -0.339 e. The molecule has 124 valence electrons. The maximum atomic E-state index is 6.21. The minimum atomic E-state index is 0.414. The molecule has 4 aromatic rings. The standard InChI is InChI=1S/C17H12Cl2N6/c18-11-2-1-3-12(6-11)23-17-20-9-14(19)16(24-17)22-13-5-4-10-8-21-25-15(10)7-13/h1-9H,(H,21,25)(H2,20,22,23,24). The zero-order valence-corrected chi connectivity index (χ0v) is 14.3. The second-order valence-corrected chi connectivity index (χ2v) is 6.17. The van der Waals surface area contributed by atoms with Gasteiger partial charge in [-0.3, -0.25) is 5.10 Å². The first-order chi connectivity index (χ1) is 12.2.